The zero-order valence-corrected chi connectivity index (χ0v) is 16.4. The molecule has 0 radical (unpaired) electrons. The number of hydrogen-bond donors (Lipinski definition) is 1. The molecule has 6 heteroatoms. The molecule has 4 rings (SSSR count). The van der Waals surface area contributed by atoms with Crippen LogP contribution in [0.2, 0.25) is 0 Å². The van der Waals surface area contributed by atoms with Gasteiger partial charge in [-0.05, 0) is 50.0 Å². The SMILES string of the molecule is CCc1ccc(NC(=O)N2Cc3c(CN4CCCCC4)nn(C)c3C2)cc1. The number of nitrogens with zero attached hydrogens (tertiary/aromatic N) is 4. The van der Waals surface area contributed by atoms with Crippen molar-refractivity contribution in [2.24, 2.45) is 7.05 Å². The Bertz CT molecular complexity index is 805. The summed E-state index contributed by atoms with van der Waals surface area (Å²) in [6, 6.07) is 8.04. The van der Waals surface area contributed by atoms with Crippen LogP contribution in [0.25, 0.3) is 0 Å². The van der Waals surface area contributed by atoms with Crippen molar-refractivity contribution < 1.29 is 4.79 Å². The highest BCUT2D eigenvalue weighted by atomic mass is 16.2. The van der Waals surface area contributed by atoms with Gasteiger partial charge in [0.1, 0.15) is 0 Å². The van der Waals surface area contributed by atoms with Crippen molar-refractivity contribution >= 4 is 11.7 Å². The molecule has 1 saturated heterocycles. The van der Waals surface area contributed by atoms with E-state index in [1.54, 1.807) is 0 Å². The Hall–Kier alpha value is -2.34. The lowest BCUT2D eigenvalue weighted by Gasteiger charge is -2.26. The molecule has 2 aromatic rings. The van der Waals surface area contributed by atoms with Crippen LogP contribution >= 0.6 is 0 Å². The van der Waals surface area contributed by atoms with Gasteiger partial charge >= 0.3 is 6.03 Å². The normalized spacial score (nSPS) is 17.2. The standard InChI is InChI=1S/C21H29N5O/c1-3-16-7-9-17(10-8-16)22-21(27)26-13-18-19(23-24(2)20(18)15-26)14-25-11-5-4-6-12-25/h7-10H,3-6,11-15H2,1-2H3,(H,22,27). The first-order valence-electron chi connectivity index (χ1n) is 10.0. The predicted molar refractivity (Wildman–Crippen MR) is 106 cm³/mol. The third-order valence-electron chi connectivity index (χ3n) is 5.77. The van der Waals surface area contributed by atoms with Crippen molar-refractivity contribution in [3.05, 3.63) is 46.8 Å². The lowest BCUT2D eigenvalue weighted by Crippen LogP contribution is -2.32. The van der Waals surface area contributed by atoms with Crippen molar-refractivity contribution in [3.8, 4) is 0 Å². The summed E-state index contributed by atoms with van der Waals surface area (Å²) >= 11 is 0. The molecule has 0 spiro atoms. The second-order valence-corrected chi connectivity index (χ2v) is 7.67. The molecule has 0 saturated carbocycles. The van der Waals surface area contributed by atoms with Gasteiger partial charge in [0, 0.05) is 24.8 Å². The molecule has 3 heterocycles. The maximum Gasteiger partial charge on any atom is 0.322 e. The molecule has 1 aromatic carbocycles. The van der Waals surface area contributed by atoms with E-state index in [0.29, 0.717) is 13.1 Å². The summed E-state index contributed by atoms with van der Waals surface area (Å²) in [4.78, 5) is 17.1. The summed E-state index contributed by atoms with van der Waals surface area (Å²) in [7, 11) is 1.99. The highest BCUT2D eigenvalue weighted by Gasteiger charge is 2.30. The third-order valence-corrected chi connectivity index (χ3v) is 5.77. The van der Waals surface area contributed by atoms with E-state index in [1.807, 2.05) is 28.8 Å². The van der Waals surface area contributed by atoms with Crippen molar-refractivity contribution in [3.63, 3.8) is 0 Å². The van der Waals surface area contributed by atoms with Gasteiger partial charge in [-0.2, -0.15) is 5.10 Å². The minimum atomic E-state index is -0.0422. The average Bonchev–Trinajstić information content (AvgIpc) is 3.25. The Balaban J connectivity index is 1.42. The van der Waals surface area contributed by atoms with Crippen LogP contribution in [0.3, 0.4) is 0 Å². The molecule has 1 fully saturated rings. The highest BCUT2D eigenvalue weighted by molar-refractivity contribution is 5.89. The van der Waals surface area contributed by atoms with Gasteiger partial charge in [0.25, 0.3) is 0 Å². The van der Waals surface area contributed by atoms with Gasteiger partial charge in [-0.3, -0.25) is 9.58 Å². The summed E-state index contributed by atoms with van der Waals surface area (Å²) in [5.41, 5.74) is 5.66. The molecule has 2 aliphatic heterocycles. The number of piperidine rings is 1. The van der Waals surface area contributed by atoms with Gasteiger partial charge in [0.2, 0.25) is 0 Å². The number of carbonyl (C=O) groups excluding carboxylic acids is 1. The van der Waals surface area contributed by atoms with Crippen molar-refractivity contribution in [2.45, 2.75) is 52.2 Å². The largest absolute Gasteiger partial charge is 0.322 e. The van der Waals surface area contributed by atoms with Gasteiger partial charge in [-0.15, -0.1) is 0 Å². The molecule has 1 N–H and O–H groups in total. The third kappa shape index (κ3) is 3.86. The first-order valence-corrected chi connectivity index (χ1v) is 10.0. The summed E-state index contributed by atoms with van der Waals surface area (Å²) in [6.45, 7) is 6.61. The minimum Gasteiger partial charge on any atom is -0.314 e. The second kappa shape index (κ2) is 7.72. The zero-order valence-electron chi connectivity index (χ0n) is 16.4. The molecule has 1 aromatic heterocycles. The molecular weight excluding hydrogens is 338 g/mol. The van der Waals surface area contributed by atoms with Gasteiger partial charge < -0.3 is 10.2 Å². The van der Waals surface area contributed by atoms with Gasteiger partial charge in [0.15, 0.2) is 0 Å². The van der Waals surface area contributed by atoms with Crippen LogP contribution < -0.4 is 5.32 Å². The number of hydrogen-bond acceptors (Lipinski definition) is 3. The molecule has 0 bridgehead atoms. The van der Waals surface area contributed by atoms with Crippen molar-refractivity contribution in [1.82, 2.24) is 19.6 Å². The van der Waals surface area contributed by atoms with Crippen LogP contribution in [0.1, 0.15) is 48.7 Å². The van der Waals surface area contributed by atoms with Crippen LogP contribution in [-0.4, -0.2) is 38.7 Å². The number of anilines is 1. The van der Waals surface area contributed by atoms with Crippen LogP contribution in [-0.2, 0) is 33.1 Å². The lowest BCUT2D eigenvalue weighted by molar-refractivity contribution is 0.208. The number of rotatable bonds is 4. The Morgan fingerprint density at radius 3 is 2.56 bits per heavy atom. The Morgan fingerprint density at radius 1 is 1.11 bits per heavy atom. The number of likely N-dealkylation sites (tertiary alicyclic amines) is 1. The van der Waals surface area contributed by atoms with E-state index in [9.17, 15) is 4.79 Å². The van der Waals surface area contributed by atoms with E-state index < -0.39 is 0 Å². The van der Waals surface area contributed by atoms with Crippen LogP contribution in [0.5, 0.6) is 0 Å². The number of urea groups is 1. The number of amides is 2. The van der Waals surface area contributed by atoms with E-state index in [-0.39, 0.29) is 6.03 Å². The maximum atomic E-state index is 12.7. The fourth-order valence-corrected chi connectivity index (χ4v) is 4.10. The maximum absolute atomic E-state index is 12.7. The molecule has 0 unspecified atom stereocenters. The number of aryl methyl sites for hydroxylation is 2. The summed E-state index contributed by atoms with van der Waals surface area (Å²) < 4.78 is 1.96. The number of nitrogens with one attached hydrogen (secondary N) is 1. The molecule has 0 atom stereocenters. The topological polar surface area (TPSA) is 53.4 Å². The highest BCUT2D eigenvalue weighted by Crippen LogP contribution is 2.27. The summed E-state index contributed by atoms with van der Waals surface area (Å²) in [6.07, 6.45) is 4.90. The molecule has 6 nitrogen and oxygen atoms in total. The number of fused-ring (bicyclic) bond motifs is 1. The summed E-state index contributed by atoms with van der Waals surface area (Å²) in [5.74, 6) is 0. The monoisotopic (exact) mass is 367 g/mol. The second-order valence-electron chi connectivity index (χ2n) is 7.67. The van der Waals surface area contributed by atoms with Crippen molar-refractivity contribution in [2.75, 3.05) is 18.4 Å². The number of benzene rings is 1. The molecule has 2 amide bonds. The Morgan fingerprint density at radius 2 is 1.85 bits per heavy atom. The van der Waals surface area contributed by atoms with Crippen LogP contribution in [0.15, 0.2) is 24.3 Å². The summed E-state index contributed by atoms with van der Waals surface area (Å²) in [5, 5.41) is 7.77. The average molecular weight is 367 g/mol. The Kier molecular flexibility index (Phi) is 5.16. The van der Waals surface area contributed by atoms with Crippen LogP contribution in [0, 0.1) is 0 Å². The number of aromatic nitrogens is 2. The van der Waals surface area contributed by atoms with Crippen LogP contribution in [0.4, 0.5) is 10.5 Å². The fraction of sp³-hybridized carbons (Fsp3) is 0.524. The number of carbonyl (C=O) groups is 1. The van der Waals surface area contributed by atoms with E-state index in [0.717, 1.165) is 37.4 Å². The van der Waals surface area contributed by atoms with E-state index in [4.69, 9.17) is 5.10 Å². The fourth-order valence-electron chi connectivity index (χ4n) is 4.10. The Labute approximate surface area is 161 Å². The molecule has 144 valence electrons. The minimum absolute atomic E-state index is 0.0422. The smallest absolute Gasteiger partial charge is 0.314 e. The van der Waals surface area contributed by atoms with Gasteiger partial charge in [-0.25, -0.2) is 4.79 Å². The quantitative estimate of drug-likeness (QED) is 0.900. The molecule has 27 heavy (non-hydrogen) atoms. The molecule has 2 aliphatic rings. The van der Waals surface area contributed by atoms with Gasteiger partial charge in [0.05, 0.1) is 24.5 Å². The molecular formula is C21H29N5O. The lowest BCUT2D eigenvalue weighted by atomic mass is 10.1. The first-order chi connectivity index (χ1) is 13.1. The van der Waals surface area contributed by atoms with E-state index in [1.165, 1.54) is 36.1 Å². The van der Waals surface area contributed by atoms with E-state index >= 15 is 0 Å². The van der Waals surface area contributed by atoms with Crippen molar-refractivity contribution in [1.29, 1.82) is 0 Å². The zero-order chi connectivity index (χ0) is 18.8. The predicted octanol–water partition coefficient (Wildman–Crippen LogP) is 3.52. The first kappa shape index (κ1) is 18.0. The molecule has 0 aliphatic carbocycles. The van der Waals surface area contributed by atoms with Gasteiger partial charge in [-0.1, -0.05) is 25.5 Å². The van der Waals surface area contributed by atoms with E-state index in [2.05, 4.69) is 29.3 Å².